The highest BCUT2D eigenvalue weighted by atomic mass is 16.2. The maximum Gasteiger partial charge on any atom is 0.240 e. The van der Waals surface area contributed by atoms with Gasteiger partial charge in [-0.2, -0.15) is 0 Å². The second-order valence-electron chi connectivity index (χ2n) is 4.54. The molecule has 1 saturated carbocycles. The van der Waals surface area contributed by atoms with E-state index in [0.717, 1.165) is 19.3 Å². The van der Waals surface area contributed by atoms with Crippen molar-refractivity contribution in [2.75, 3.05) is 6.54 Å². The van der Waals surface area contributed by atoms with E-state index in [2.05, 4.69) is 10.6 Å². The van der Waals surface area contributed by atoms with Crippen LogP contribution in [0.5, 0.6) is 0 Å². The van der Waals surface area contributed by atoms with Crippen molar-refractivity contribution < 1.29 is 9.59 Å². The molecule has 1 aliphatic rings. The van der Waals surface area contributed by atoms with Crippen LogP contribution in [0.4, 0.5) is 0 Å². The molecule has 0 heterocycles. The Morgan fingerprint density at radius 3 is 2.56 bits per heavy atom. The van der Waals surface area contributed by atoms with Crippen LogP contribution in [0.15, 0.2) is 0 Å². The van der Waals surface area contributed by atoms with E-state index in [9.17, 15) is 9.59 Å². The first-order valence-corrected chi connectivity index (χ1v) is 5.84. The number of carbonyl (C=O) groups excluding carboxylic acids is 2. The van der Waals surface area contributed by atoms with Crippen molar-refractivity contribution in [3.05, 3.63) is 0 Å². The van der Waals surface area contributed by atoms with Gasteiger partial charge in [-0.3, -0.25) is 9.59 Å². The smallest absolute Gasteiger partial charge is 0.240 e. The van der Waals surface area contributed by atoms with Gasteiger partial charge in [0.2, 0.25) is 11.8 Å². The standard InChI is InChI=1S/C11H21N3O2/c1-3-8(2)14-9(15)4-7-13-10(16)11(12)5-6-11/h8H,3-7,12H2,1-2H3,(H,13,16)(H,14,15). The Kier molecular flexibility index (Phi) is 4.29. The highest BCUT2D eigenvalue weighted by Gasteiger charge is 2.45. The lowest BCUT2D eigenvalue weighted by molar-refractivity contribution is -0.124. The summed E-state index contributed by atoms with van der Waals surface area (Å²) >= 11 is 0. The molecule has 1 rings (SSSR count). The maximum absolute atomic E-state index is 11.4. The van der Waals surface area contributed by atoms with Gasteiger partial charge in [-0.25, -0.2) is 0 Å². The van der Waals surface area contributed by atoms with Gasteiger partial charge < -0.3 is 16.4 Å². The second kappa shape index (κ2) is 5.30. The first-order chi connectivity index (χ1) is 7.48. The van der Waals surface area contributed by atoms with Gasteiger partial charge >= 0.3 is 0 Å². The van der Waals surface area contributed by atoms with Crippen LogP contribution in [0.1, 0.15) is 39.5 Å². The first-order valence-electron chi connectivity index (χ1n) is 5.84. The fourth-order valence-corrected chi connectivity index (χ4v) is 1.28. The third-order valence-electron chi connectivity index (χ3n) is 2.90. The van der Waals surface area contributed by atoms with Gasteiger partial charge in [0, 0.05) is 19.0 Å². The Labute approximate surface area is 96.1 Å². The molecule has 2 amide bonds. The normalized spacial score (nSPS) is 18.7. The fourth-order valence-electron chi connectivity index (χ4n) is 1.28. The molecule has 92 valence electrons. The van der Waals surface area contributed by atoms with Crippen LogP contribution in [0, 0.1) is 0 Å². The fraction of sp³-hybridized carbons (Fsp3) is 0.818. The van der Waals surface area contributed by atoms with Gasteiger partial charge in [-0.15, -0.1) is 0 Å². The van der Waals surface area contributed by atoms with Crippen molar-refractivity contribution >= 4 is 11.8 Å². The number of amides is 2. The summed E-state index contributed by atoms with van der Waals surface area (Å²) in [6.45, 7) is 4.33. The minimum Gasteiger partial charge on any atom is -0.354 e. The largest absolute Gasteiger partial charge is 0.354 e. The van der Waals surface area contributed by atoms with E-state index < -0.39 is 5.54 Å². The molecule has 0 spiro atoms. The molecule has 1 unspecified atom stereocenters. The molecule has 0 aliphatic heterocycles. The molecule has 5 heteroatoms. The summed E-state index contributed by atoms with van der Waals surface area (Å²) in [5.74, 6) is -0.166. The Bertz CT molecular complexity index is 274. The molecule has 1 atom stereocenters. The molecule has 0 aromatic heterocycles. The first kappa shape index (κ1) is 13.0. The van der Waals surface area contributed by atoms with Gasteiger partial charge in [0.25, 0.3) is 0 Å². The topological polar surface area (TPSA) is 84.2 Å². The van der Waals surface area contributed by atoms with E-state index in [4.69, 9.17) is 5.73 Å². The van der Waals surface area contributed by atoms with Gasteiger partial charge in [0.15, 0.2) is 0 Å². The highest BCUT2D eigenvalue weighted by Crippen LogP contribution is 2.31. The van der Waals surface area contributed by atoms with E-state index in [1.54, 1.807) is 0 Å². The Balaban J connectivity index is 2.11. The van der Waals surface area contributed by atoms with E-state index in [1.165, 1.54) is 0 Å². The van der Waals surface area contributed by atoms with E-state index in [0.29, 0.717) is 13.0 Å². The van der Waals surface area contributed by atoms with Crippen LogP contribution in [-0.2, 0) is 9.59 Å². The molecule has 4 N–H and O–H groups in total. The predicted octanol–water partition coefficient (Wildman–Crippen LogP) is -0.101. The Hall–Kier alpha value is -1.10. The average molecular weight is 227 g/mol. The molecule has 0 saturated heterocycles. The predicted molar refractivity (Wildman–Crippen MR) is 61.7 cm³/mol. The molecule has 0 bridgehead atoms. The van der Waals surface area contributed by atoms with Crippen LogP contribution in [0.3, 0.4) is 0 Å². The number of nitrogens with one attached hydrogen (secondary N) is 2. The number of carbonyl (C=O) groups is 2. The molecule has 1 aliphatic carbocycles. The van der Waals surface area contributed by atoms with E-state index >= 15 is 0 Å². The molecular weight excluding hydrogens is 206 g/mol. The minimum absolute atomic E-state index is 0.0310. The Morgan fingerprint density at radius 2 is 2.06 bits per heavy atom. The third kappa shape index (κ3) is 3.81. The van der Waals surface area contributed by atoms with Gasteiger partial charge in [-0.1, -0.05) is 6.92 Å². The van der Waals surface area contributed by atoms with Crippen LogP contribution in [0.25, 0.3) is 0 Å². The van der Waals surface area contributed by atoms with Crippen molar-refractivity contribution in [2.24, 2.45) is 5.73 Å². The summed E-state index contributed by atoms with van der Waals surface area (Å²) in [6, 6.07) is 0.187. The summed E-state index contributed by atoms with van der Waals surface area (Å²) in [7, 11) is 0. The minimum atomic E-state index is -0.646. The van der Waals surface area contributed by atoms with Gasteiger partial charge in [-0.05, 0) is 26.2 Å². The molecule has 16 heavy (non-hydrogen) atoms. The van der Waals surface area contributed by atoms with Crippen LogP contribution < -0.4 is 16.4 Å². The van der Waals surface area contributed by atoms with E-state index in [1.807, 2.05) is 13.8 Å². The van der Waals surface area contributed by atoms with E-state index in [-0.39, 0.29) is 17.9 Å². The summed E-state index contributed by atoms with van der Waals surface area (Å²) in [4.78, 5) is 22.8. The lowest BCUT2D eigenvalue weighted by Gasteiger charge is -2.12. The van der Waals surface area contributed by atoms with Gasteiger partial charge in [0.05, 0.1) is 5.54 Å². The van der Waals surface area contributed by atoms with Gasteiger partial charge in [0.1, 0.15) is 0 Å². The lowest BCUT2D eigenvalue weighted by Crippen LogP contribution is -2.44. The van der Waals surface area contributed by atoms with Crippen LogP contribution in [0.2, 0.25) is 0 Å². The molecule has 0 radical (unpaired) electrons. The highest BCUT2D eigenvalue weighted by molar-refractivity contribution is 5.89. The van der Waals surface area contributed by atoms with Crippen molar-refractivity contribution in [1.29, 1.82) is 0 Å². The maximum atomic E-state index is 11.4. The SMILES string of the molecule is CCC(C)NC(=O)CCNC(=O)C1(N)CC1. The molecule has 0 aromatic rings. The number of nitrogens with two attached hydrogens (primary N) is 1. The molecular formula is C11H21N3O2. The molecule has 1 fully saturated rings. The number of hydrogen-bond acceptors (Lipinski definition) is 3. The van der Waals surface area contributed by atoms with Crippen molar-refractivity contribution in [3.63, 3.8) is 0 Å². The van der Waals surface area contributed by atoms with Crippen molar-refractivity contribution in [3.8, 4) is 0 Å². The third-order valence-corrected chi connectivity index (χ3v) is 2.90. The monoisotopic (exact) mass is 227 g/mol. The number of hydrogen-bond donors (Lipinski definition) is 3. The zero-order valence-electron chi connectivity index (χ0n) is 10.0. The van der Waals surface area contributed by atoms with Crippen LogP contribution >= 0.6 is 0 Å². The molecule has 0 aromatic carbocycles. The summed E-state index contributed by atoms with van der Waals surface area (Å²) in [5, 5.41) is 5.52. The Morgan fingerprint density at radius 1 is 1.44 bits per heavy atom. The quantitative estimate of drug-likeness (QED) is 0.592. The number of rotatable bonds is 6. The van der Waals surface area contributed by atoms with Crippen LogP contribution in [-0.4, -0.2) is 29.9 Å². The van der Waals surface area contributed by atoms with Crippen molar-refractivity contribution in [1.82, 2.24) is 10.6 Å². The summed E-state index contributed by atoms with van der Waals surface area (Å²) < 4.78 is 0. The lowest BCUT2D eigenvalue weighted by atomic mass is 10.2. The zero-order chi connectivity index (χ0) is 12.2. The summed E-state index contributed by atoms with van der Waals surface area (Å²) in [6.07, 6.45) is 2.71. The summed E-state index contributed by atoms with van der Waals surface area (Å²) in [5.41, 5.74) is 5.05. The second-order valence-corrected chi connectivity index (χ2v) is 4.54. The van der Waals surface area contributed by atoms with Crippen molar-refractivity contribution in [2.45, 2.75) is 51.1 Å². The molecule has 5 nitrogen and oxygen atoms in total. The average Bonchev–Trinajstić information content (AvgIpc) is 2.97. The zero-order valence-corrected chi connectivity index (χ0v) is 10.0.